The Morgan fingerprint density at radius 3 is 2.45 bits per heavy atom. The lowest BCUT2D eigenvalue weighted by Gasteiger charge is -2.29. The van der Waals surface area contributed by atoms with E-state index in [-0.39, 0.29) is 6.04 Å². The summed E-state index contributed by atoms with van der Waals surface area (Å²) in [5.41, 5.74) is -0.792. The highest BCUT2D eigenvalue weighted by molar-refractivity contribution is 5.78. The first-order chi connectivity index (χ1) is 9.35. The molecule has 0 aromatic carbocycles. The number of carbonyl (C=O) groups is 1. The summed E-state index contributed by atoms with van der Waals surface area (Å²) in [6.07, 6.45) is 8.12. The molecule has 0 spiro atoms. The number of unbranched alkanes of at least 4 members (excludes halogenated alkanes) is 1. The Kier molecular flexibility index (Phi) is 6.96. The minimum Gasteiger partial charge on any atom is -0.480 e. The molecule has 1 saturated carbocycles. The fraction of sp³-hybridized carbons (Fsp3) is 0.938. The molecule has 0 saturated heterocycles. The van der Waals surface area contributed by atoms with Crippen molar-refractivity contribution in [2.24, 2.45) is 0 Å². The predicted molar refractivity (Wildman–Crippen MR) is 83.0 cm³/mol. The summed E-state index contributed by atoms with van der Waals surface area (Å²) in [5.74, 6) is -0.740. The number of nitrogens with one attached hydrogen (secondary N) is 1. The van der Waals surface area contributed by atoms with Crippen LogP contribution in [0.25, 0.3) is 0 Å². The fourth-order valence-corrected chi connectivity index (χ4v) is 3.25. The molecule has 0 aromatic rings. The molecule has 4 nitrogen and oxygen atoms in total. The molecule has 1 aliphatic rings. The Labute approximate surface area is 123 Å². The van der Waals surface area contributed by atoms with Crippen molar-refractivity contribution in [2.75, 3.05) is 13.6 Å². The quantitative estimate of drug-likeness (QED) is 0.639. The molecule has 0 aliphatic heterocycles. The third-order valence-corrected chi connectivity index (χ3v) is 4.46. The summed E-state index contributed by atoms with van der Waals surface area (Å²) in [6.45, 7) is 6.88. The number of nitrogens with zero attached hydrogens (tertiary/aromatic N) is 1. The topological polar surface area (TPSA) is 52.6 Å². The minimum atomic E-state index is -0.792. The largest absolute Gasteiger partial charge is 0.480 e. The highest BCUT2D eigenvalue weighted by Crippen LogP contribution is 2.23. The van der Waals surface area contributed by atoms with Crippen LogP contribution < -0.4 is 5.32 Å². The van der Waals surface area contributed by atoms with Crippen molar-refractivity contribution in [3.63, 3.8) is 0 Å². The molecule has 1 rings (SSSR count). The minimum absolute atomic E-state index is 0.192. The van der Waals surface area contributed by atoms with Crippen molar-refractivity contribution in [1.29, 1.82) is 0 Å². The summed E-state index contributed by atoms with van der Waals surface area (Å²) >= 11 is 0. The molecule has 0 radical (unpaired) electrons. The third-order valence-electron chi connectivity index (χ3n) is 4.46. The molecule has 0 heterocycles. The SMILES string of the molecule is CC(C)NC(C)(CCCCN(C)C1CCCC1)C(=O)O. The van der Waals surface area contributed by atoms with Crippen LogP contribution >= 0.6 is 0 Å². The molecule has 118 valence electrons. The van der Waals surface area contributed by atoms with Crippen molar-refractivity contribution in [2.45, 2.75) is 83.3 Å². The van der Waals surface area contributed by atoms with Crippen LogP contribution in [0.1, 0.15) is 65.7 Å². The standard InChI is InChI=1S/C16H32N2O2/c1-13(2)17-16(3,15(19)20)11-7-8-12-18(4)14-9-5-6-10-14/h13-14,17H,5-12H2,1-4H3,(H,19,20). The van der Waals surface area contributed by atoms with Gasteiger partial charge in [0, 0.05) is 12.1 Å². The highest BCUT2D eigenvalue weighted by Gasteiger charge is 2.32. The average Bonchev–Trinajstić information content (AvgIpc) is 2.87. The molecule has 1 atom stereocenters. The van der Waals surface area contributed by atoms with Crippen molar-refractivity contribution in [3.05, 3.63) is 0 Å². The van der Waals surface area contributed by atoms with Gasteiger partial charge in [-0.3, -0.25) is 10.1 Å². The van der Waals surface area contributed by atoms with Crippen molar-refractivity contribution >= 4 is 5.97 Å². The van der Waals surface area contributed by atoms with Gasteiger partial charge in [0.1, 0.15) is 5.54 Å². The zero-order valence-electron chi connectivity index (χ0n) is 13.6. The molecule has 2 N–H and O–H groups in total. The second kappa shape index (κ2) is 7.99. The summed E-state index contributed by atoms with van der Waals surface area (Å²) in [4.78, 5) is 13.9. The van der Waals surface area contributed by atoms with E-state index in [1.807, 2.05) is 13.8 Å². The fourth-order valence-electron chi connectivity index (χ4n) is 3.25. The van der Waals surface area contributed by atoms with Crippen LogP contribution in [0.3, 0.4) is 0 Å². The Morgan fingerprint density at radius 1 is 1.35 bits per heavy atom. The normalized spacial score (nSPS) is 19.7. The van der Waals surface area contributed by atoms with Gasteiger partial charge in [-0.2, -0.15) is 0 Å². The van der Waals surface area contributed by atoms with E-state index in [0.717, 1.165) is 25.4 Å². The van der Waals surface area contributed by atoms with E-state index in [4.69, 9.17) is 0 Å². The van der Waals surface area contributed by atoms with Crippen molar-refractivity contribution in [1.82, 2.24) is 10.2 Å². The second-order valence-electron chi connectivity index (χ2n) is 6.81. The van der Waals surface area contributed by atoms with E-state index in [0.29, 0.717) is 6.42 Å². The molecule has 0 bridgehead atoms. The second-order valence-corrected chi connectivity index (χ2v) is 6.81. The van der Waals surface area contributed by atoms with Crippen LogP contribution in [0.4, 0.5) is 0 Å². The maximum absolute atomic E-state index is 11.4. The Morgan fingerprint density at radius 2 is 1.95 bits per heavy atom. The molecular formula is C16H32N2O2. The first-order valence-electron chi connectivity index (χ1n) is 8.06. The van der Waals surface area contributed by atoms with Crippen molar-refractivity contribution < 1.29 is 9.90 Å². The zero-order chi connectivity index (χ0) is 15.2. The van der Waals surface area contributed by atoms with Gasteiger partial charge < -0.3 is 10.0 Å². The maximum Gasteiger partial charge on any atom is 0.323 e. The van der Waals surface area contributed by atoms with Gasteiger partial charge in [0.05, 0.1) is 0 Å². The first-order valence-corrected chi connectivity index (χ1v) is 8.06. The molecule has 0 amide bonds. The molecule has 1 aliphatic carbocycles. The molecular weight excluding hydrogens is 252 g/mol. The zero-order valence-corrected chi connectivity index (χ0v) is 13.6. The lowest BCUT2D eigenvalue weighted by molar-refractivity contribution is -0.144. The van der Waals surface area contributed by atoms with Crippen LogP contribution in [0.15, 0.2) is 0 Å². The number of carboxylic acids is 1. The van der Waals surface area contributed by atoms with Crippen molar-refractivity contribution in [3.8, 4) is 0 Å². The number of rotatable bonds is 9. The van der Waals surface area contributed by atoms with E-state index in [1.54, 1.807) is 6.92 Å². The number of aliphatic carboxylic acids is 1. The summed E-state index contributed by atoms with van der Waals surface area (Å²) in [7, 11) is 2.21. The average molecular weight is 284 g/mol. The van der Waals surface area contributed by atoms with E-state index in [2.05, 4.69) is 17.3 Å². The Hall–Kier alpha value is -0.610. The van der Waals surface area contributed by atoms with Gasteiger partial charge in [-0.1, -0.05) is 12.8 Å². The van der Waals surface area contributed by atoms with E-state index in [1.165, 1.54) is 25.7 Å². The Balaban J connectivity index is 2.28. The summed E-state index contributed by atoms with van der Waals surface area (Å²) in [6, 6.07) is 0.951. The predicted octanol–water partition coefficient (Wildman–Crippen LogP) is 2.87. The van der Waals surface area contributed by atoms with Gasteiger partial charge in [-0.05, 0) is 66.5 Å². The molecule has 1 unspecified atom stereocenters. The van der Waals surface area contributed by atoms with Crippen LogP contribution in [0, 0.1) is 0 Å². The van der Waals surface area contributed by atoms with Crippen LogP contribution in [0.5, 0.6) is 0 Å². The van der Waals surface area contributed by atoms with Gasteiger partial charge in [-0.15, -0.1) is 0 Å². The maximum atomic E-state index is 11.4. The van der Waals surface area contributed by atoms with Gasteiger partial charge in [0.2, 0.25) is 0 Å². The monoisotopic (exact) mass is 284 g/mol. The Bertz CT molecular complexity index is 301. The lowest BCUT2D eigenvalue weighted by Crippen LogP contribution is -2.52. The smallest absolute Gasteiger partial charge is 0.323 e. The van der Waals surface area contributed by atoms with E-state index >= 15 is 0 Å². The molecule has 20 heavy (non-hydrogen) atoms. The third kappa shape index (κ3) is 5.41. The van der Waals surface area contributed by atoms with E-state index in [9.17, 15) is 9.90 Å². The van der Waals surface area contributed by atoms with Gasteiger partial charge in [0.15, 0.2) is 0 Å². The van der Waals surface area contributed by atoms with Crippen LogP contribution in [0.2, 0.25) is 0 Å². The lowest BCUT2D eigenvalue weighted by atomic mass is 9.94. The van der Waals surface area contributed by atoms with Gasteiger partial charge >= 0.3 is 5.97 Å². The van der Waals surface area contributed by atoms with E-state index < -0.39 is 11.5 Å². The van der Waals surface area contributed by atoms with Crippen LogP contribution in [-0.2, 0) is 4.79 Å². The van der Waals surface area contributed by atoms with Crippen LogP contribution in [-0.4, -0.2) is 47.2 Å². The molecule has 4 heteroatoms. The summed E-state index contributed by atoms with van der Waals surface area (Å²) < 4.78 is 0. The van der Waals surface area contributed by atoms with Gasteiger partial charge in [0.25, 0.3) is 0 Å². The molecule has 1 fully saturated rings. The number of hydrogen-bond donors (Lipinski definition) is 2. The number of carboxylic acid groups (broad SMARTS) is 1. The molecule has 0 aromatic heterocycles. The van der Waals surface area contributed by atoms with Gasteiger partial charge in [-0.25, -0.2) is 0 Å². The summed E-state index contributed by atoms with van der Waals surface area (Å²) in [5, 5.41) is 12.6. The number of hydrogen-bond acceptors (Lipinski definition) is 3. The first kappa shape index (κ1) is 17.4. The highest BCUT2D eigenvalue weighted by atomic mass is 16.4.